The molecule has 0 spiro atoms. The molecule has 0 saturated carbocycles. The molecule has 0 aliphatic rings. The third kappa shape index (κ3) is 5.55. The van der Waals surface area contributed by atoms with Gasteiger partial charge >= 0.3 is 0 Å². The van der Waals surface area contributed by atoms with E-state index in [1.165, 1.54) is 5.56 Å². The van der Waals surface area contributed by atoms with E-state index in [-0.39, 0.29) is 5.91 Å². The minimum Gasteiger partial charge on any atom is -0.497 e. The summed E-state index contributed by atoms with van der Waals surface area (Å²) >= 11 is 0. The fourth-order valence-corrected chi connectivity index (χ4v) is 3.32. The number of benzene rings is 2. The highest BCUT2D eigenvalue weighted by Crippen LogP contribution is 2.18. The highest BCUT2D eigenvalue weighted by Gasteiger charge is 2.13. The first kappa shape index (κ1) is 23.1. The number of nitrogens with zero attached hydrogens (tertiary/aromatic N) is 3. The lowest BCUT2D eigenvalue weighted by Crippen LogP contribution is -2.36. The summed E-state index contributed by atoms with van der Waals surface area (Å²) in [5.41, 5.74) is 5.63. The van der Waals surface area contributed by atoms with Gasteiger partial charge in [-0.2, -0.15) is 5.10 Å². The number of ether oxygens (including phenoxy) is 1. The van der Waals surface area contributed by atoms with Gasteiger partial charge in [0.25, 0.3) is 5.91 Å². The Bertz CT molecular complexity index is 1100. The van der Waals surface area contributed by atoms with Crippen molar-refractivity contribution in [1.29, 1.82) is 0 Å². The molecule has 7 nitrogen and oxygen atoms in total. The normalized spacial score (nSPS) is 11.5. The van der Waals surface area contributed by atoms with Crippen molar-refractivity contribution in [2.24, 2.45) is 12.0 Å². The number of aromatic nitrogens is 2. The smallest absolute Gasteiger partial charge is 0.257 e. The van der Waals surface area contributed by atoms with E-state index in [1.807, 2.05) is 37.7 Å². The highest BCUT2D eigenvalue weighted by molar-refractivity contribution is 6.10. The van der Waals surface area contributed by atoms with Crippen LogP contribution in [0.25, 0.3) is 0 Å². The SMILES string of the molecule is COc1ccc(C(=O)NC(=NCc2c(C)nn(C)c2C)Nc2ccc(C(C)C)cc2)cc1. The zero-order chi connectivity index (χ0) is 23.3. The van der Waals surface area contributed by atoms with E-state index >= 15 is 0 Å². The second-order valence-corrected chi connectivity index (χ2v) is 8.02. The van der Waals surface area contributed by atoms with Crippen LogP contribution in [0.5, 0.6) is 5.75 Å². The monoisotopic (exact) mass is 433 g/mol. The summed E-state index contributed by atoms with van der Waals surface area (Å²) in [6, 6.07) is 15.1. The summed E-state index contributed by atoms with van der Waals surface area (Å²) in [6.07, 6.45) is 0. The minimum atomic E-state index is -0.252. The van der Waals surface area contributed by atoms with Gasteiger partial charge in [0.15, 0.2) is 0 Å². The number of carbonyl (C=O) groups is 1. The Hall–Kier alpha value is -3.61. The van der Waals surface area contributed by atoms with Crippen LogP contribution < -0.4 is 15.4 Å². The number of guanidine groups is 1. The second kappa shape index (κ2) is 10.1. The van der Waals surface area contributed by atoms with Gasteiger partial charge in [0.05, 0.1) is 19.3 Å². The van der Waals surface area contributed by atoms with E-state index in [9.17, 15) is 4.79 Å². The summed E-state index contributed by atoms with van der Waals surface area (Å²) in [4.78, 5) is 17.5. The molecule has 0 radical (unpaired) electrons. The Balaban J connectivity index is 1.84. The predicted octanol–water partition coefficient (Wildman–Crippen LogP) is 4.57. The fourth-order valence-electron chi connectivity index (χ4n) is 3.32. The highest BCUT2D eigenvalue weighted by atomic mass is 16.5. The van der Waals surface area contributed by atoms with E-state index in [4.69, 9.17) is 4.74 Å². The molecule has 3 aromatic rings. The van der Waals surface area contributed by atoms with Crippen LogP contribution in [0.4, 0.5) is 5.69 Å². The summed E-state index contributed by atoms with van der Waals surface area (Å²) < 4.78 is 7.01. The van der Waals surface area contributed by atoms with E-state index in [1.54, 1.807) is 31.4 Å². The molecule has 1 amide bonds. The van der Waals surface area contributed by atoms with Crippen LogP contribution >= 0.6 is 0 Å². The van der Waals surface area contributed by atoms with Gasteiger partial charge in [0.2, 0.25) is 5.96 Å². The number of anilines is 1. The van der Waals surface area contributed by atoms with Gasteiger partial charge in [0.1, 0.15) is 5.75 Å². The number of aryl methyl sites for hydroxylation is 2. The van der Waals surface area contributed by atoms with Crippen LogP contribution in [0.15, 0.2) is 53.5 Å². The molecule has 168 valence electrons. The van der Waals surface area contributed by atoms with Crippen molar-refractivity contribution in [3.05, 3.63) is 76.6 Å². The molecular formula is C25H31N5O2. The number of aliphatic imine (C=N–C) groups is 1. The molecule has 0 unspecified atom stereocenters. The van der Waals surface area contributed by atoms with Crippen LogP contribution in [-0.2, 0) is 13.6 Å². The zero-order valence-electron chi connectivity index (χ0n) is 19.6. The summed E-state index contributed by atoms with van der Waals surface area (Å²) in [5.74, 6) is 1.27. The van der Waals surface area contributed by atoms with Crippen molar-refractivity contribution in [3.63, 3.8) is 0 Å². The molecule has 0 aliphatic heterocycles. The van der Waals surface area contributed by atoms with Gasteiger partial charge in [-0.25, -0.2) is 4.99 Å². The summed E-state index contributed by atoms with van der Waals surface area (Å²) in [5, 5.41) is 10.6. The maximum atomic E-state index is 12.8. The molecule has 7 heteroatoms. The Morgan fingerprint density at radius 1 is 1.09 bits per heavy atom. The standard InChI is InChI=1S/C25H31N5O2/c1-16(2)19-7-11-21(12-8-19)27-25(26-15-23-17(3)29-30(5)18(23)4)28-24(31)20-9-13-22(32-6)14-10-20/h7-14,16H,15H2,1-6H3,(H2,26,27,28,31). The first-order chi connectivity index (χ1) is 15.3. The molecular weight excluding hydrogens is 402 g/mol. The van der Waals surface area contributed by atoms with Crippen molar-refractivity contribution in [3.8, 4) is 5.75 Å². The lowest BCUT2D eigenvalue weighted by Gasteiger charge is -2.13. The zero-order valence-corrected chi connectivity index (χ0v) is 19.6. The third-order valence-electron chi connectivity index (χ3n) is 5.48. The first-order valence-corrected chi connectivity index (χ1v) is 10.6. The Morgan fingerprint density at radius 3 is 2.28 bits per heavy atom. The topological polar surface area (TPSA) is 80.5 Å². The molecule has 32 heavy (non-hydrogen) atoms. The molecule has 3 rings (SSSR count). The molecule has 0 bridgehead atoms. The average Bonchev–Trinajstić information content (AvgIpc) is 3.03. The van der Waals surface area contributed by atoms with Crippen LogP contribution in [0.2, 0.25) is 0 Å². The van der Waals surface area contributed by atoms with Gasteiger partial charge in [0, 0.05) is 29.6 Å². The molecule has 0 atom stereocenters. The lowest BCUT2D eigenvalue weighted by molar-refractivity contribution is 0.0977. The Labute approximate surface area is 189 Å². The van der Waals surface area contributed by atoms with Crippen LogP contribution in [-0.4, -0.2) is 28.8 Å². The van der Waals surface area contributed by atoms with E-state index in [0.29, 0.717) is 29.7 Å². The quantitative estimate of drug-likeness (QED) is 0.441. The first-order valence-electron chi connectivity index (χ1n) is 10.6. The average molecular weight is 434 g/mol. The number of carbonyl (C=O) groups excluding carboxylic acids is 1. The van der Waals surface area contributed by atoms with Gasteiger partial charge in [-0.3, -0.25) is 14.8 Å². The molecule has 0 aliphatic carbocycles. The minimum absolute atomic E-state index is 0.252. The molecule has 2 aromatic carbocycles. The van der Waals surface area contributed by atoms with Crippen molar-refractivity contribution in [2.75, 3.05) is 12.4 Å². The largest absolute Gasteiger partial charge is 0.497 e. The number of hydrogen-bond acceptors (Lipinski definition) is 4. The molecule has 1 aromatic heterocycles. The number of amides is 1. The van der Waals surface area contributed by atoms with Gasteiger partial charge in [-0.05, 0) is 61.7 Å². The third-order valence-corrected chi connectivity index (χ3v) is 5.48. The van der Waals surface area contributed by atoms with Crippen molar-refractivity contribution in [1.82, 2.24) is 15.1 Å². The van der Waals surface area contributed by atoms with Crippen LogP contribution in [0, 0.1) is 13.8 Å². The maximum absolute atomic E-state index is 12.8. The number of nitrogens with one attached hydrogen (secondary N) is 2. The van der Waals surface area contributed by atoms with Crippen molar-refractivity contribution in [2.45, 2.75) is 40.2 Å². The Kier molecular flexibility index (Phi) is 7.30. The molecule has 0 fully saturated rings. The van der Waals surface area contributed by atoms with E-state index in [2.05, 4.69) is 46.7 Å². The fraction of sp³-hybridized carbons (Fsp3) is 0.320. The van der Waals surface area contributed by atoms with Gasteiger partial charge in [-0.1, -0.05) is 26.0 Å². The van der Waals surface area contributed by atoms with Crippen LogP contribution in [0.3, 0.4) is 0 Å². The van der Waals surface area contributed by atoms with Gasteiger partial charge < -0.3 is 10.1 Å². The molecule has 0 saturated heterocycles. The number of hydrogen-bond donors (Lipinski definition) is 2. The number of methoxy groups -OCH3 is 1. The van der Waals surface area contributed by atoms with E-state index in [0.717, 1.165) is 22.6 Å². The van der Waals surface area contributed by atoms with Crippen molar-refractivity contribution < 1.29 is 9.53 Å². The molecule has 2 N–H and O–H groups in total. The second-order valence-electron chi connectivity index (χ2n) is 8.02. The van der Waals surface area contributed by atoms with Gasteiger partial charge in [-0.15, -0.1) is 0 Å². The van der Waals surface area contributed by atoms with E-state index < -0.39 is 0 Å². The summed E-state index contributed by atoms with van der Waals surface area (Å²) in [7, 11) is 3.51. The Morgan fingerprint density at radius 2 is 1.75 bits per heavy atom. The predicted molar refractivity (Wildman–Crippen MR) is 128 cm³/mol. The number of rotatable bonds is 6. The molecule has 1 heterocycles. The summed E-state index contributed by atoms with van der Waals surface area (Å²) in [6.45, 7) is 8.69. The lowest BCUT2D eigenvalue weighted by atomic mass is 10.0. The maximum Gasteiger partial charge on any atom is 0.257 e. The van der Waals surface area contributed by atoms with Crippen molar-refractivity contribution >= 4 is 17.6 Å². The van der Waals surface area contributed by atoms with Crippen LogP contribution in [0.1, 0.15) is 52.6 Å².